The minimum atomic E-state index is -3.50. The Morgan fingerprint density at radius 2 is 1.82 bits per heavy atom. The molecule has 5 nitrogen and oxygen atoms in total. The summed E-state index contributed by atoms with van der Waals surface area (Å²) < 4.78 is 27.4. The number of nitrogens with zero attached hydrogens (tertiary/aromatic N) is 2. The second-order valence-electron chi connectivity index (χ2n) is 7.68. The van der Waals surface area contributed by atoms with Gasteiger partial charge in [0.25, 0.3) is 0 Å². The number of amides is 1. The van der Waals surface area contributed by atoms with Crippen molar-refractivity contribution in [1.29, 1.82) is 0 Å². The van der Waals surface area contributed by atoms with Crippen LogP contribution >= 0.6 is 11.3 Å². The Morgan fingerprint density at radius 3 is 2.36 bits per heavy atom. The van der Waals surface area contributed by atoms with Gasteiger partial charge in [0.2, 0.25) is 15.9 Å². The van der Waals surface area contributed by atoms with Crippen LogP contribution in [0.4, 0.5) is 0 Å². The molecule has 1 aromatic heterocycles. The molecule has 152 valence electrons. The van der Waals surface area contributed by atoms with Crippen LogP contribution in [-0.4, -0.2) is 43.7 Å². The zero-order chi connectivity index (χ0) is 20.3. The van der Waals surface area contributed by atoms with Gasteiger partial charge in [-0.1, -0.05) is 32.0 Å². The number of sulfonamides is 1. The molecule has 1 fully saturated rings. The molecule has 1 saturated heterocycles. The Bertz CT molecular complexity index is 882. The molecule has 1 aliphatic rings. The van der Waals surface area contributed by atoms with Gasteiger partial charge in [-0.3, -0.25) is 4.79 Å². The highest BCUT2D eigenvalue weighted by Gasteiger charge is 2.33. The molecule has 3 rings (SSSR count). The van der Waals surface area contributed by atoms with Crippen molar-refractivity contribution >= 4 is 27.3 Å². The molecule has 0 spiro atoms. The lowest BCUT2D eigenvalue weighted by Gasteiger charge is -2.32. The first-order valence-corrected chi connectivity index (χ1v) is 12.0. The van der Waals surface area contributed by atoms with Gasteiger partial charge in [0.1, 0.15) is 0 Å². The SMILES string of the molecule is CC(C)c1ccc(S(=O)(=O)N2CCC(C(=O)N(C)Cc3cccs3)CC2)cc1. The molecule has 0 unspecified atom stereocenters. The van der Waals surface area contributed by atoms with Crippen molar-refractivity contribution in [2.75, 3.05) is 20.1 Å². The largest absolute Gasteiger partial charge is 0.340 e. The molecule has 0 saturated carbocycles. The van der Waals surface area contributed by atoms with Gasteiger partial charge in [-0.15, -0.1) is 11.3 Å². The van der Waals surface area contributed by atoms with E-state index in [1.165, 1.54) is 4.31 Å². The van der Waals surface area contributed by atoms with Crippen LogP contribution in [0.2, 0.25) is 0 Å². The molecule has 1 aromatic carbocycles. The highest BCUT2D eigenvalue weighted by atomic mass is 32.2. The van der Waals surface area contributed by atoms with Gasteiger partial charge in [-0.2, -0.15) is 4.31 Å². The van der Waals surface area contributed by atoms with Crippen LogP contribution in [0.5, 0.6) is 0 Å². The predicted molar refractivity (Wildman–Crippen MR) is 113 cm³/mol. The first-order valence-electron chi connectivity index (χ1n) is 9.66. The van der Waals surface area contributed by atoms with Crippen LogP contribution in [-0.2, 0) is 21.4 Å². The van der Waals surface area contributed by atoms with Crippen molar-refractivity contribution in [3.8, 4) is 0 Å². The summed E-state index contributed by atoms with van der Waals surface area (Å²) in [5.74, 6) is 0.358. The number of carbonyl (C=O) groups is 1. The first-order chi connectivity index (χ1) is 13.3. The summed E-state index contributed by atoms with van der Waals surface area (Å²) in [6.07, 6.45) is 1.13. The van der Waals surface area contributed by atoms with Crippen LogP contribution in [0.25, 0.3) is 0 Å². The summed E-state index contributed by atoms with van der Waals surface area (Å²) >= 11 is 1.64. The van der Waals surface area contributed by atoms with Crippen LogP contribution in [0, 0.1) is 5.92 Å². The lowest BCUT2D eigenvalue weighted by Crippen LogP contribution is -2.43. The Morgan fingerprint density at radius 1 is 1.18 bits per heavy atom. The van der Waals surface area contributed by atoms with Crippen molar-refractivity contribution in [2.24, 2.45) is 5.92 Å². The molecule has 0 atom stereocenters. The minimum Gasteiger partial charge on any atom is -0.340 e. The fourth-order valence-electron chi connectivity index (χ4n) is 3.54. The van der Waals surface area contributed by atoms with E-state index < -0.39 is 10.0 Å². The van der Waals surface area contributed by atoms with Gasteiger partial charge in [-0.25, -0.2) is 8.42 Å². The highest BCUT2D eigenvalue weighted by Crippen LogP contribution is 2.26. The van der Waals surface area contributed by atoms with E-state index in [0.717, 1.165) is 10.4 Å². The summed E-state index contributed by atoms with van der Waals surface area (Å²) in [5.41, 5.74) is 1.12. The molecule has 2 heterocycles. The van der Waals surface area contributed by atoms with E-state index >= 15 is 0 Å². The number of carbonyl (C=O) groups excluding carboxylic acids is 1. The molecular weight excluding hydrogens is 392 g/mol. The van der Waals surface area contributed by atoms with E-state index in [2.05, 4.69) is 13.8 Å². The molecule has 28 heavy (non-hydrogen) atoms. The summed E-state index contributed by atoms with van der Waals surface area (Å²) in [7, 11) is -1.68. The van der Waals surface area contributed by atoms with Gasteiger partial charge >= 0.3 is 0 Å². The predicted octanol–water partition coefficient (Wildman–Crippen LogP) is 3.93. The minimum absolute atomic E-state index is 0.103. The molecular formula is C21H28N2O3S2. The lowest BCUT2D eigenvalue weighted by atomic mass is 9.96. The molecule has 0 radical (unpaired) electrons. The summed E-state index contributed by atoms with van der Waals surface area (Å²) in [6.45, 7) is 5.55. The molecule has 7 heteroatoms. The van der Waals surface area contributed by atoms with E-state index in [4.69, 9.17) is 0 Å². The Labute approximate surface area is 172 Å². The Hall–Kier alpha value is -1.70. The van der Waals surface area contributed by atoms with Gasteiger partial charge in [0, 0.05) is 30.9 Å². The average molecular weight is 421 g/mol. The maximum atomic E-state index is 12.9. The third-order valence-electron chi connectivity index (χ3n) is 5.34. The molecule has 0 aliphatic carbocycles. The van der Waals surface area contributed by atoms with Crippen LogP contribution in [0.3, 0.4) is 0 Å². The standard InChI is InChI=1S/C21H28N2O3S2/c1-16(2)17-6-8-20(9-7-17)28(25,26)23-12-10-18(11-13-23)21(24)22(3)15-19-5-4-14-27-19/h4-9,14,16,18H,10-13,15H2,1-3H3. The topological polar surface area (TPSA) is 57.7 Å². The molecule has 1 aliphatic heterocycles. The number of piperidine rings is 1. The molecule has 0 bridgehead atoms. The van der Waals surface area contributed by atoms with E-state index in [1.54, 1.807) is 28.4 Å². The van der Waals surface area contributed by atoms with Gasteiger partial charge in [0.15, 0.2) is 0 Å². The van der Waals surface area contributed by atoms with E-state index in [0.29, 0.717) is 43.3 Å². The lowest BCUT2D eigenvalue weighted by molar-refractivity contribution is -0.135. The quantitative estimate of drug-likeness (QED) is 0.711. The first kappa shape index (κ1) is 21.0. The van der Waals surface area contributed by atoms with Gasteiger partial charge in [-0.05, 0) is 47.9 Å². The number of thiophene rings is 1. The van der Waals surface area contributed by atoms with Gasteiger partial charge in [0.05, 0.1) is 11.4 Å². The molecule has 1 amide bonds. The van der Waals surface area contributed by atoms with E-state index in [9.17, 15) is 13.2 Å². The fourth-order valence-corrected chi connectivity index (χ4v) is 5.77. The Kier molecular flexibility index (Phi) is 6.58. The maximum Gasteiger partial charge on any atom is 0.243 e. The summed E-state index contributed by atoms with van der Waals surface area (Å²) in [6, 6.07) is 11.2. The summed E-state index contributed by atoms with van der Waals surface area (Å²) in [5, 5.41) is 2.00. The van der Waals surface area contributed by atoms with Crippen molar-refractivity contribution in [2.45, 2.75) is 44.0 Å². The van der Waals surface area contributed by atoms with Gasteiger partial charge < -0.3 is 4.90 Å². The third-order valence-corrected chi connectivity index (χ3v) is 8.11. The van der Waals surface area contributed by atoms with Crippen molar-refractivity contribution < 1.29 is 13.2 Å². The number of hydrogen-bond acceptors (Lipinski definition) is 4. The molecule has 0 N–H and O–H groups in total. The van der Waals surface area contributed by atoms with Crippen LogP contribution in [0.15, 0.2) is 46.7 Å². The maximum absolute atomic E-state index is 12.9. The summed E-state index contributed by atoms with van der Waals surface area (Å²) in [4.78, 5) is 16.0. The van der Waals surface area contributed by atoms with E-state index in [1.807, 2.05) is 36.7 Å². The second-order valence-corrected chi connectivity index (χ2v) is 10.6. The highest BCUT2D eigenvalue weighted by molar-refractivity contribution is 7.89. The monoisotopic (exact) mass is 420 g/mol. The fraction of sp³-hybridized carbons (Fsp3) is 0.476. The van der Waals surface area contributed by atoms with Crippen LogP contribution < -0.4 is 0 Å². The number of rotatable bonds is 6. The van der Waals surface area contributed by atoms with Crippen molar-refractivity contribution in [1.82, 2.24) is 9.21 Å². The third kappa shape index (κ3) is 4.64. The average Bonchev–Trinajstić information content (AvgIpc) is 3.20. The zero-order valence-corrected chi connectivity index (χ0v) is 18.3. The Balaban J connectivity index is 1.60. The second kappa shape index (κ2) is 8.76. The number of hydrogen-bond donors (Lipinski definition) is 0. The normalized spacial score (nSPS) is 16.4. The zero-order valence-electron chi connectivity index (χ0n) is 16.7. The number of benzene rings is 1. The van der Waals surface area contributed by atoms with Crippen molar-refractivity contribution in [3.63, 3.8) is 0 Å². The van der Waals surface area contributed by atoms with Crippen molar-refractivity contribution in [3.05, 3.63) is 52.2 Å². The van der Waals surface area contributed by atoms with E-state index in [-0.39, 0.29) is 11.8 Å². The van der Waals surface area contributed by atoms with Crippen LogP contribution in [0.1, 0.15) is 43.0 Å². The molecule has 2 aromatic rings. The smallest absolute Gasteiger partial charge is 0.243 e.